The molecular formula is C17H18ClNO2. The number of amides is 1. The van der Waals surface area contributed by atoms with Crippen molar-refractivity contribution in [3.05, 3.63) is 59.7 Å². The first-order valence-corrected chi connectivity index (χ1v) is 7.36. The lowest BCUT2D eigenvalue weighted by molar-refractivity contribution is 0.102. The van der Waals surface area contributed by atoms with Gasteiger partial charge in [-0.2, -0.15) is 0 Å². The van der Waals surface area contributed by atoms with Crippen molar-refractivity contribution in [2.24, 2.45) is 0 Å². The summed E-state index contributed by atoms with van der Waals surface area (Å²) in [5.41, 5.74) is 2.56. The summed E-state index contributed by atoms with van der Waals surface area (Å²) < 4.78 is 5.08. The summed E-state index contributed by atoms with van der Waals surface area (Å²) in [6.45, 7) is 0. The molecule has 0 saturated heterocycles. The standard InChI is InChI=1S/C17H18ClNO2/c1-21-16-9-7-14(8-10-16)17(20)19-15-6-2-4-13(12-15)5-3-11-18/h2,4,6-10,12H,3,5,11H2,1H3,(H,19,20). The van der Waals surface area contributed by atoms with Crippen molar-refractivity contribution < 1.29 is 9.53 Å². The first kappa shape index (κ1) is 15.4. The van der Waals surface area contributed by atoms with Gasteiger partial charge in [-0.3, -0.25) is 4.79 Å². The minimum Gasteiger partial charge on any atom is -0.497 e. The fourth-order valence-electron chi connectivity index (χ4n) is 2.02. The minimum atomic E-state index is -0.132. The molecule has 0 unspecified atom stereocenters. The summed E-state index contributed by atoms with van der Waals surface area (Å²) in [7, 11) is 1.60. The number of carbonyl (C=O) groups excluding carboxylic acids is 1. The van der Waals surface area contributed by atoms with Crippen LogP contribution in [0.25, 0.3) is 0 Å². The zero-order valence-electron chi connectivity index (χ0n) is 11.9. The number of anilines is 1. The quantitative estimate of drug-likeness (QED) is 0.815. The number of rotatable bonds is 6. The molecule has 0 fully saturated rings. The molecule has 21 heavy (non-hydrogen) atoms. The molecule has 2 aromatic carbocycles. The Labute approximate surface area is 129 Å². The molecule has 0 atom stereocenters. The van der Waals surface area contributed by atoms with Crippen LogP contribution < -0.4 is 10.1 Å². The van der Waals surface area contributed by atoms with Crippen LogP contribution in [0, 0.1) is 0 Å². The van der Waals surface area contributed by atoms with Crippen molar-refractivity contribution in [1.29, 1.82) is 0 Å². The van der Waals surface area contributed by atoms with Gasteiger partial charge in [0.25, 0.3) is 5.91 Å². The Kier molecular flexibility index (Phi) is 5.64. The minimum absolute atomic E-state index is 0.132. The molecule has 0 spiro atoms. The molecule has 4 heteroatoms. The van der Waals surface area contributed by atoms with Crippen molar-refractivity contribution in [1.82, 2.24) is 0 Å². The largest absolute Gasteiger partial charge is 0.497 e. The fourth-order valence-corrected chi connectivity index (χ4v) is 2.15. The number of methoxy groups -OCH3 is 1. The van der Waals surface area contributed by atoms with Crippen LogP contribution >= 0.6 is 11.6 Å². The zero-order chi connectivity index (χ0) is 15.1. The van der Waals surface area contributed by atoms with Gasteiger partial charge in [0.15, 0.2) is 0 Å². The highest BCUT2D eigenvalue weighted by molar-refractivity contribution is 6.17. The molecule has 0 saturated carbocycles. The monoisotopic (exact) mass is 303 g/mol. The molecule has 0 aliphatic rings. The second-order valence-corrected chi connectivity index (χ2v) is 5.05. The smallest absolute Gasteiger partial charge is 0.255 e. The molecule has 2 aromatic rings. The van der Waals surface area contributed by atoms with E-state index >= 15 is 0 Å². The predicted octanol–water partition coefficient (Wildman–Crippen LogP) is 4.12. The molecule has 0 aliphatic heterocycles. The first-order chi connectivity index (χ1) is 10.2. The summed E-state index contributed by atoms with van der Waals surface area (Å²) in [6, 6.07) is 14.9. The number of hydrogen-bond donors (Lipinski definition) is 1. The average molecular weight is 304 g/mol. The van der Waals surface area contributed by atoms with E-state index in [1.807, 2.05) is 24.3 Å². The number of alkyl halides is 1. The maximum Gasteiger partial charge on any atom is 0.255 e. The van der Waals surface area contributed by atoms with Crippen LogP contribution in [-0.4, -0.2) is 18.9 Å². The van der Waals surface area contributed by atoms with Crippen LogP contribution in [0.15, 0.2) is 48.5 Å². The van der Waals surface area contributed by atoms with Gasteiger partial charge in [0.2, 0.25) is 0 Å². The second-order valence-electron chi connectivity index (χ2n) is 4.68. The molecular weight excluding hydrogens is 286 g/mol. The third-order valence-electron chi connectivity index (χ3n) is 3.14. The van der Waals surface area contributed by atoms with Crippen molar-refractivity contribution in [3.63, 3.8) is 0 Å². The molecule has 0 heterocycles. The van der Waals surface area contributed by atoms with E-state index in [4.69, 9.17) is 16.3 Å². The van der Waals surface area contributed by atoms with Crippen LogP contribution in [0.1, 0.15) is 22.3 Å². The molecule has 0 radical (unpaired) electrons. The molecule has 3 nitrogen and oxygen atoms in total. The van der Waals surface area contributed by atoms with Crippen LogP contribution in [0.4, 0.5) is 5.69 Å². The topological polar surface area (TPSA) is 38.3 Å². The normalized spacial score (nSPS) is 10.2. The van der Waals surface area contributed by atoms with Gasteiger partial charge < -0.3 is 10.1 Å². The summed E-state index contributed by atoms with van der Waals surface area (Å²) in [5, 5.41) is 2.90. The third kappa shape index (κ3) is 4.50. The van der Waals surface area contributed by atoms with Gasteiger partial charge in [-0.15, -0.1) is 11.6 Å². The van der Waals surface area contributed by atoms with Gasteiger partial charge in [0.05, 0.1) is 7.11 Å². The summed E-state index contributed by atoms with van der Waals surface area (Å²) in [6.07, 6.45) is 1.84. The van der Waals surface area contributed by atoms with E-state index in [0.717, 1.165) is 24.3 Å². The highest BCUT2D eigenvalue weighted by Crippen LogP contribution is 2.16. The third-order valence-corrected chi connectivity index (χ3v) is 3.40. The van der Waals surface area contributed by atoms with E-state index in [1.54, 1.807) is 31.4 Å². The Morgan fingerprint density at radius 2 is 1.95 bits per heavy atom. The van der Waals surface area contributed by atoms with Gasteiger partial charge in [0, 0.05) is 17.1 Å². The van der Waals surface area contributed by atoms with Crippen LogP contribution in [-0.2, 0) is 6.42 Å². The maximum atomic E-state index is 12.2. The lowest BCUT2D eigenvalue weighted by Crippen LogP contribution is -2.11. The zero-order valence-corrected chi connectivity index (χ0v) is 12.7. The maximum absolute atomic E-state index is 12.2. The highest BCUT2D eigenvalue weighted by atomic mass is 35.5. The molecule has 0 aromatic heterocycles. The van der Waals surface area contributed by atoms with E-state index in [9.17, 15) is 4.79 Å². The van der Waals surface area contributed by atoms with Crippen LogP contribution in [0.3, 0.4) is 0 Å². The summed E-state index contributed by atoms with van der Waals surface area (Å²) in [4.78, 5) is 12.2. The van der Waals surface area contributed by atoms with E-state index < -0.39 is 0 Å². The summed E-state index contributed by atoms with van der Waals surface area (Å²) >= 11 is 5.70. The number of aryl methyl sites for hydroxylation is 1. The number of benzene rings is 2. The summed E-state index contributed by atoms with van der Waals surface area (Å²) in [5.74, 6) is 1.24. The average Bonchev–Trinajstić information content (AvgIpc) is 2.53. The molecule has 110 valence electrons. The number of carbonyl (C=O) groups is 1. The first-order valence-electron chi connectivity index (χ1n) is 6.83. The fraction of sp³-hybridized carbons (Fsp3) is 0.235. The van der Waals surface area contributed by atoms with E-state index in [0.29, 0.717) is 11.4 Å². The Bertz CT molecular complexity index is 596. The van der Waals surface area contributed by atoms with E-state index in [2.05, 4.69) is 5.32 Å². The van der Waals surface area contributed by atoms with Gasteiger partial charge in [0.1, 0.15) is 5.75 Å². The van der Waals surface area contributed by atoms with Crippen molar-refractivity contribution in [2.75, 3.05) is 18.3 Å². The Balaban J connectivity index is 2.04. The SMILES string of the molecule is COc1ccc(C(=O)Nc2cccc(CCCCl)c2)cc1. The number of halogens is 1. The van der Waals surface area contributed by atoms with Crippen molar-refractivity contribution in [2.45, 2.75) is 12.8 Å². The lowest BCUT2D eigenvalue weighted by Gasteiger charge is -2.08. The Morgan fingerprint density at radius 1 is 1.19 bits per heavy atom. The number of nitrogens with one attached hydrogen (secondary N) is 1. The van der Waals surface area contributed by atoms with Gasteiger partial charge in [-0.25, -0.2) is 0 Å². The second kappa shape index (κ2) is 7.70. The van der Waals surface area contributed by atoms with E-state index in [-0.39, 0.29) is 5.91 Å². The number of hydrogen-bond acceptors (Lipinski definition) is 2. The molecule has 0 bridgehead atoms. The Hall–Kier alpha value is -2.00. The van der Waals surface area contributed by atoms with Crippen molar-refractivity contribution >= 4 is 23.2 Å². The van der Waals surface area contributed by atoms with Crippen LogP contribution in [0.2, 0.25) is 0 Å². The van der Waals surface area contributed by atoms with E-state index in [1.165, 1.54) is 5.56 Å². The van der Waals surface area contributed by atoms with Crippen molar-refractivity contribution in [3.8, 4) is 5.75 Å². The highest BCUT2D eigenvalue weighted by Gasteiger charge is 2.06. The Morgan fingerprint density at radius 3 is 2.62 bits per heavy atom. The predicted molar refractivity (Wildman–Crippen MR) is 86.4 cm³/mol. The molecule has 0 aliphatic carbocycles. The molecule has 2 rings (SSSR count). The van der Waals surface area contributed by atoms with Gasteiger partial charge in [-0.05, 0) is 54.8 Å². The van der Waals surface area contributed by atoms with Gasteiger partial charge >= 0.3 is 0 Å². The molecule has 1 N–H and O–H groups in total. The van der Waals surface area contributed by atoms with Crippen LogP contribution in [0.5, 0.6) is 5.75 Å². The van der Waals surface area contributed by atoms with Gasteiger partial charge in [-0.1, -0.05) is 12.1 Å². The molecule has 1 amide bonds. The number of ether oxygens (including phenoxy) is 1. The lowest BCUT2D eigenvalue weighted by atomic mass is 10.1.